The van der Waals surface area contributed by atoms with Crippen LogP contribution in [0.5, 0.6) is 0 Å². The van der Waals surface area contributed by atoms with Crippen molar-refractivity contribution < 1.29 is 9.53 Å². The van der Waals surface area contributed by atoms with Gasteiger partial charge in [0.1, 0.15) is 0 Å². The van der Waals surface area contributed by atoms with Gasteiger partial charge in [-0.15, -0.1) is 0 Å². The summed E-state index contributed by atoms with van der Waals surface area (Å²) in [7, 11) is 0. The van der Waals surface area contributed by atoms with Gasteiger partial charge in [0.05, 0.1) is 12.5 Å². The van der Waals surface area contributed by atoms with Crippen LogP contribution in [-0.2, 0) is 9.53 Å². The van der Waals surface area contributed by atoms with Crippen LogP contribution in [0.2, 0.25) is 5.02 Å². The maximum atomic E-state index is 11.9. The molecule has 0 radical (unpaired) electrons. The molecule has 0 amide bonds. The van der Waals surface area contributed by atoms with Crippen LogP contribution in [0, 0.1) is 6.92 Å². The Hall–Kier alpha value is -1.02. The number of hydrogen-bond acceptors (Lipinski definition) is 2. The lowest BCUT2D eigenvalue weighted by atomic mass is 9.94. The Kier molecular flexibility index (Phi) is 5.49. The Labute approximate surface area is 108 Å². The first-order chi connectivity index (χ1) is 8.10. The summed E-state index contributed by atoms with van der Waals surface area (Å²) >= 11 is 6.09. The van der Waals surface area contributed by atoms with Crippen LogP contribution in [0.3, 0.4) is 0 Å². The minimum absolute atomic E-state index is 0.158. The molecule has 0 aromatic heterocycles. The zero-order chi connectivity index (χ0) is 12.8. The fourth-order valence-corrected chi connectivity index (χ4v) is 1.97. The van der Waals surface area contributed by atoms with Gasteiger partial charge in [-0.2, -0.15) is 0 Å². The van der Waals surface area contributed by atoms with Gasteiger partial charge < -0.3 is 4.74 Å². The quantitative estimate of drug-likeness (QED) is 0.740. The molecule has 0 aliphatic carbocycles. The van der Waals surface area contributed by atoms with Crippen LogP contribution >= 0.6 is 11.6 Å². The summed E-state index contributed by atoms with van der Waals surface area (Å²) < 4.78 is 5.10. The third kappa shape index (κ3) is 3.74. The van der Waals surface area contributed by atoms with Gasteiger partial charge in [-0.3, -0.25) is 4.79 Å². The van der Waals surface area contributed by atoms with E-state index in [1.54, 1.807) is 0 Å². The van der Waals surface area contributed by atoms with Gasteiger partial charge in [0, 0.05) is 5.02 Å². The molecule has 3 heteroatoms. The fourth-order valence-electron chi connectivity index (χ4n) is 1.78. The van der Waals surface area contributed by atoms with Crippen LogP contribution in [0.1, 0.15) is 43.7 Å². The minimum atomic E-state index is -0.196. The molecule has 0 aliphatic rings. The van der Waals surface area contributed by atoms with E-state index in [1.807, 2.05) is 32.0 Å². The van der Waals surface area contributed by atoms with Crippen molar-refractivity contribution in [2.24, 2.45) is 0 Å². The van der Waals surface area contributed by atoms with E-state index in [0.29, 0.717) is 11.6 Å². The molecule has 0 bridgehead atoms. The van der Waals surface area contributed by atoms with E-state index in [0.717, 1.165) is 24.0 Å². The van der Waals surface area contributed by atoms with Crippen molar-refractivity contribution in [3.63, 3.8) is 0 Å². The van der Waals surface area contributed by atoms with Crippen LogP contribution in [0.25, 0.3) is 0 Å². The first kappa shape index (κ1) is 14.0. The van der Waals surface area contributed by atoms with Gasteiger partial charge in [-0.1, -0.05) is 37.1 Å². The predicted molar refractivity (Wildman–Crippen MR) is 70.5 cm³/mol. The molecule has 1 aromatic rings. The van der Waals surface area contributed by atoms with E-state index < -0.39 is 0 Å². The number of aryl methyl sites for hydroxylation is 1. The first-order valence-electron chi connectivity index (χ1n) is 6.02. The van der Waals surface area contributed by atoms with Crippen LogP contribution in [0.15, 0.2) is 18.2 Å². The molecule has 17 heavy (non-hydrogen) atoms. The molecule has 1 unspecified atom stereocenters. The summed E-state index contributed by atoms with van der Waals surface area (Å²) in [5, 5.41) is 0.702. The van der Waals surface area contributed by atoms with Gasteiger partial charge in [0.15, 0.2) is 0 Å². The van der Waals surface area contributed by atoms with Crippen LogP contribution in [0.4, 0.5) is 0 Å². The van der Waals surface area contributed by atoms with Crippen molar-refractivity contribution in [1.82, 2.24) is 0 Å². The molecule has 0 spiro atoms. The SMILES string of the molecule is CCCC(C(=O)OCC)c1ccc(C)c(Cl)c1. The van der Waals surface area contributed by atoms with Crippen molar-refractivity contribution in [2.75, 3.05) is 6.61 Å². The highest BCUT2D eigenvalue weighted by atomic mass is 35.5. The van der Waals surface area contributed by atoms with E-state index in [-0.39, 0.29) is 11.9 Å². The lowest BCUT2D eigenvalue weighted by molar-refractivity contribution is -0.145. The number of benzene rings is 1. The van der Waals surface area contributed by atoms with E-state index >= 15 is 0 Å². The molecular formula is C14H19ClO2. The Morgan fingerprint density at radius 3 is 2.65 bits per heavy atom. The average molecular weight is 255 g/mol. The minimum Gasteiger partial charge on any atom is -0.466 e. The molecule has 2 nitrogen and oxygen atoms in total. The number of halogens is 1. The number of carbonyl (C=O) groups is 1. The molecule has 1 rings (SSSR count). The highest BCUT2D eigenvalue weighted by molar-refractivity contribution is 6.31. The van der Waals surface area contributed by atoms with E-state index in [1.165, 1.54) is 0 Å². The summed E-state index contributed by atoms with van der Waals surface area (Å²) in [5.41, 5.74) is 1.97. The molecule has 0 fully saturated rings. The maximum absolute atomic E-state index is 11.9. The van der Waals surface area contributed by atoms with Gasteiger partial charge in [0.2, 0.25) is 0 Å². The van der Waals surface area contributed by atoms with Crippen LogP contribution < -0.4 is 0 Å². The third-order valence-corrected chi connectivity index (χ3v) is 3.15. The summed E-state index contributed by atoms with van der Waals surface area (Å²) in [6.45, 7) is 6.25. The molecule has 0 aliphatic heterocycles. The second kappa shape index (κ2) is 6.65. The number of carbonyl (C=O) groups excluding carboxylic acids is 1. The molecule has 94 valence electrons. The predicted octanol–water partition coefficient (Wildman–Crippen LogP) is 4.10. The van der Waals surface area contributed by atoms with Crippen molar-refractivity contribution in [3.05, 3.63) is 34.3 Å². The highest BCUT2D eigenvalue weighted by Crippen LogP contribution is 2.27. The van der Waals surface area contributed by atoms with Gasteiger partial charge in [0.25, 0.3) is 0 Å². The molecule has 1 atom stereocenters. The maximum Gasteiger partial charge on any atom is 0.313 e. The summed E-state index contributed by atoms with van der Waals surface area (Å²) in [4.78, 5) is 11.9. The number of rotatable bonds is 5. The van der Waals surface area contributed by atoms with Crippen molar-refractivity contribution >= 4 is 17.6 Å². The normalized spacial score (nSPS) is 12.2. The van der Waals surface area contributed by atoms with Crippen LogP contribution in [-0.4, -0.2) is 12.6 Å². The second-order valence-corrected chi connectivity index (χ2v) is 4.51. The third-order valence-electron chi connectivity index (χ3n) is 2.75. The van der Waals surface area contributed by atoms with Gasteiger partial charge >= 0.3 is 5.97 Å². The smallest absolute Gasteiger partial charge is 0.313 e. The zero-order valence-electron chi connectivity index (χ0n) is 10.6. The molecule has 1 aromatic carbocycles. The molecule has 0 heterocycles. The van der Waals surface area contributed by atoms with Gasteiger partial charge in [-0.25, -0.2) is 0 Å². The average Bonchev–Trinajstić information content (AvgIpc) is 2.30. The molecule has 0 saturated carbocycles. The van der Waals surface area contributed by atoms with Crippen molar-refractivity contribution in [3.8, 4) is 0 Å². The lowest BCUT2D eigenvalue weighted by Gasteiger charge is -2.15. The Balaban J connectivity index is 2.96. The molecular weight excluding hydrogens is 236 g/mol. The number of ether oxygens (including phenoxy) is 1. The summed E-state index contributed by atoms with van der Waals surface area (Å²) in [6.07, 6.45) is 1.73. The largest absolute Gasteiger partial charge is 0.466 e. The standard InChI is InChI=1S/C14H19ClO2/c1-4-6-12(14(16)17-5-2)11-8-7-10(3)13(15)9-11/h7-9,12H,4-6H2,1-3H3. The lowest BCUT2D eigenvalue weighted by Crippen LogP contribution is -2.16. The monoisotopic (exact) mass is 254 g/mol. The Bertz CT molecular complexity index is 388. The number of esters is 1. The summed E-state index contributed by atoms with van der Waals surface area (Å²) in [6, 6.07) is 5.77. The highest BCUT2D eigenvalue weighted by Gasteiger charge is 2.21. The first-order valence-corrected chi connectivity index (χ1v) is 6.40. The van der Waals surface area contributed by atoms with Crippen molar-refractivity contribution in [2.45, 2.75) is 39.5 Å². The van der Waals surface area contributed by atoms with Gasteiger partial charge in [-0.05, 0) is 37.5 Å². The van der Waals surface area contributed by atoms with E-state index in [2.05, 4.69) is 6.92 Å². The van der Waals surface area contributed by atoms with E-state index in [9.17, 15) is 4.79 Å². The van der Waals surface area contributed by atoms with Crippen molar-refractivity contribution in [1.29, 1.82) is 0 Å². The Morgan fingerprint density at radius 2 is 2.12 bits per heavy atom. The summed E-state index contributed by atoms with van der Waals surface area (Å²) in [5.74, 6) is -0.354. The Morgan fingerprint density at radius 1 is 1.41 bits per heavy atom. The molecule has 0 N–H and O–H groups in total. The zero-order valence-corrected chi connectivity index (χ0v) is 11.4. The topological polar surface area (TPSA) is 26.3 Å². The second-order valence-electron chi connectivity index (χ2n) is 4.10. The fraction of sp³-hybridized carbons (Fsp3) is 0.500. The van der Waals surface area contributed by atoms with E-state index in [4.69, 9.17) is 16.3 Å². The number of hydrogen-bond donors (Lipinski definition) is 0. The molecule has 0 saturated heterocycles.